The van der Waals surface area contributed by atoms with Crippen molar-refractivity contribution in [1.29, 1.82) is 0 Å². The molecule has 1 aromatic heterocycles. The van der Waals surface area contributed by atoms with Crippen LogP contribution >= 0.6 is 0 Å². The van der Waals surface area contributed by atoms with Crippen LogP contribution in [0.2, 0.25) is 0 Å². The summed E-state index contributed by atoms with van der Waals surface area (Å²) < 4.78 is 6.42. The molecule has 4 rings (SSSR count). The van der Waals surface area contributed by atoms with Crippen LogP contribution in [0.4, 0.5) is 0 Å². The second-order valence-corrected chi connectivity index (χ2v) is 8.09. The van der Waals surface area contributed by atoms with E-state index < -0.39 is 5.60 Å². The van der Waals surface area contributed by atoms with E-state index in [2.05, 4.69) is 23.0 Å². The van der Waals surface area contributed by atoms with Crippen LogP contribution in [0.15, 0.2) is 42.6 Å². The lowest BCUT2D eigenvalue weighted by molar-refractivity contribution is 0.0465. The van der Waals surface area contributed by atoms with Crippen molar-refractivity contribution < 1.29 is 14.6 Å². The number of fused-ring (bicyclic) bond motifs is 1. The second-order valence-electron chi connectivity index (χ2n) is 8.09. The first-order chi connectivity index (χ1) is 14.5. The van der Waals surface area contributed by atoms with Crippen LogP contribution in [0, 0.1) is 0 Å². The van der Waals surface area contributed by atoms with Gasteiger partial charge in [0.25, 0.3) is 5.91 Å². The number of phenols is 1. The summed E-state index contributed by atoms with van der Waals surface area (Å²) >= 11 is 0. The minimum Gasteiger partial charge on any atom is -0.507 e. The van der Waals surface area contributed by atoms with E-state index in [9.17, 15) is 9.90 Å². The maximum atomic E-state index is 12.6. The van der Waals surface area contributed by atoms with Gasteiger partial charge in [0, 0.05) is 50.8 Å². The molecular formula is C24H29N3O3. The summed E-state index contributed by atoms with van der Waals surface area (Å²) in [5.74, 6) is 0.813. The lowest BCUT2D eigenvalue weighted by Crippen LogP contribution is -2.46. The molecule has 1 aromatic carbocycles. The molecule has 0 atom stereocenters. The Bertz CT molecular complexity index is 956. The minimum atomic E-state index is -0.391. The van der Waals surface area contributed by atoms with Gasteiger partial charge in [0.1, 0.15) is 22.8 Å². The molecule has 158 valence electrons. The molecule has 30 heavy (non-hydrogen) atoms. The van der Waals surface area contributed by atoms with Gasteiger partial charge in [0.15, 0.2) is 0 Å². The van der Waals surface area contributed by atoms with Gasteiger partial charge in [-0.05, 0) is 50.7 Å². The number of pyridine rings is 1. The number of hydrogen-bond donors (Lipinski definition) is 1. The van der Waals surface area contributed by atoms with E-state index in [1.165, 1.54) is 0 Å². The number of carbonyl (C=O) groups is 1. The summed E-state index contributed by atoms with van der Waals surface area (Å²) in [5, 5.41) is 10.6. The number of phenolic OH excluding ortho intramolecular Hbond substituents is 1. The van der Waals surface area contributed by atoms with Crippen molar-refractivity contribution >= 4 is 11.5 Å². The zero-order valence-electron chi connectivity index (χ0n) is 17.9. The number of hydrogen-bond acceptors (Lipinski definition) is 5. The molecule has 2 aliphatic heterocycles. The molecule has 6 nitrogen and oxygen atoms in total. The van der Waals surface area contributed by atoms with Crippen LogP contribution in [0.5, 0.6) is 11.5 Å². The van der Waals surface area contributed by atoms with Crippen molar-refractivity contribution in [3.8, 4) is 11.5 Å². The average Bonchev–Trinajstić information content (AvgIpc) is 2.76. The zero-order valence-corrected chi connectivity index (χ0v) is 17.9. The molecule has 1 saturated heterocycles. The molecule has 6 heteroatoms. The summed E-state index contributed by atoms with van der Waals surface area (Å²) in [4.78, 5) is 21.1. The first kappa shape index (κ1) is 20.4. The molecule has 1 amide bonds. The first-order valence-electron chi connectivity index (χ1n) is 10.6. The predicted octanol–water partition coefficient (Wildman–Crippen LogP) is 3.56. The van der Waals surface area contributed by atoms with Crippen LogP contribution in [0.3, 0.4) is 0 Å². The normalized spacial score (nSPS) is 17.8. The number of ether oxygens (including phenoxy) is 1. The van der Waals surface area contributed by atoms with E-state index in [1.54, 1.807) is 23.2 Å². The number of amides is 1. The van der Waals surface area contributed by atoms with E-state index in [0.29, 0.717) is 30.1 Å². The number of rotatable bonds is 4. The smallest absolute Gasteiger partial charge is 0.272 e. The maximum Gasteiger partial charge on any atom is 0.272 e. The fourth-order valence-electron chi connectivity index (χ4n) is 4.28. The Morgan fingerprint density at radius 3 is 2.57 bits per heavy atom. The van der Waals surface area contributed by atoms with Gasteiger partial charge < -0.3 is 19.6 Å². The van der Waals surface area contributed by atoms with Crippen molar-refractivity contribution in [3.63, 3.8) is 0 Å². The van der Waals surface area contributed by atoms with Gasteiger partial charge in [-0.25, -0.2) is 0 Å². The Kier molecular flexibility index (Phi) is 5.52. The van der Waals surface area contributed by atoms with Gasteiger partial charge in [-0.3, -0.25) is 9.78 Å². The van der Waals surface area contributed by atoms with Crippen LogP contribution in [-0.2, 0) is 0 Å². The number of piperidine rings is 1. The summed E-state index contributed by atoms with van der Waals surface area (Å²) in [6.07, 6.45) is 5.64. The van der Waals surface area contributed by atoms with Crippen LogP contribution in [-0.4, -0.2) is 64.6 Å². The fraction of sp³-hybridized carbons (Fsp3) is 0.417. The topological polar surface area (TPSA) is 65.9 Å². The maximum absolute atomic E-state index is 12.6. The predicted molar refractivity (Wildman–Crippen MR) is 117 cm³/mol. The number of aromatic hydroxyl groups is 1. The summed E-state index contributed by atoms with van der Waals surface area (Å²) in [7, 11) is 2.12. The SMILES string of the molecule is CCN(CC)C(=O)c1ccc(C2=CC3(CCN(C)CC3)Oc3cccc(O)c32)cn1. The third kappa shape index (κ3) is 3.67. The number of nitrogens with zero attached hydrogens (tertiary/aromatic N) is 3. The van der Waals surface area contributed by atoms with E-state index in [0.717, 1.165) is 37.1 Å². The molecular weight excluding hydrogens is 378 g/mol. The minimum absolute atomic E-state index is 0.0671. The van der Waals surface area contributed by atoms with Gasteiger partial charge in [0.2, 0.25) is 0 Å². The van der Waals surface area contributed by atoms with Gasteiger partial charge in [-0.1, -0.05) is 12.1 Å². The van der Waals surface area contributed by atoms with Crippen molar-refractivity contribution in [2.24, 2.45) is 0 Å². The number of likely N-dealkylation sites (tertiary alicyclic amines) is 1. The lowest BCUT2D eigenvalue weighted by Gasteiger charge is -2.42. The highest BCUT2D eigenvalue weighted by atomic mass is 16.5. The largest absolute Gasteiger partial charge is 0.507 e. The van der Waals surface area contributed by atoms with Gasteiger partial charge in [-0.2, -0.15) is 0 Å². The molecule has 0 saturated carbocycles. The van der Waals surface area contributed by atoms with Gasteiger partial charge in [0.05, 0.1) is 5.56 Å². The number of aromatic nitrogens is 1. The highest BCUT2D eigenvalue weighted by Crippen LogP contribution is 2.46. The molecule has 0 aliphatic carbocycles. The van der Waals surface area contributed by atoms with Crippen LogP contribution in [0.1, 0.15) is 48.3 Å². The average molecular weight is 408 g/mol. The third-order valence-electron chi connectivity index (χ3n) is 6.17. The van der Waals surface area contributed by atoms with E-state index >= 15 is 0 Å². The van der Waals surface area contributed by atoms with E-state index in [-0.39, 0.29) is 11.7 Å². The molecule has 1 N–H and O–H groups in total. The molecule has 1 fully saturated rings. The molecule has 2 aliphatic rings. The van der Waals surface area contributed by atoms with Gasteiger partial charge in [-0.15, -0.1) is 0 Å². The summed E-state index contributed by atoms with van der Waals surface area (Å²) in [6.45, 7) is 7.13. The Morgan fingerprint density at radius 1 is 1.20 bits per heavy atom. The van der Waals surface area contributed by atoms with Crippen LogP contribution < -0.4 is 4.74 Å². The molecule has 2 aromatic rings. The van der Waals surface area contributed by atoms with Crippen molar-refractivity contribution in [3.05, 3.63) is 59.4 Å². The Morgan fingerprint density at radius 2 is 1.93 bits per heavy atom. The fourth-order valence-corrected chi connectivity index (χ4v) is 4.28. The van der Waals surface area contributed by atoms with Crippen molar-refractivity contribution in [2.75, 3.05) is 33.2 Å². The highest BCUT2D eigenvalue weighted by molar-refractivity contribution is 5.93. The molecule has 0 unspecified atom stereocenters. The van der Waals surface area contributed by atoms with E-state index in [1.807, 2.05) is 32.0 Å². The van der Waals surface area contributed by atoms with E-state index in [4.69, 9.17) is 4.74 Å². The molecule has 1 spiro atoms. The summed E-state index contributed by atoms with van der Waals surface area (Å²) in [5.41, 5.74) is 2.51. The first-order valence-corrected chi connectivity index (χ1v) is 10.6. The lowest BCUT2D eigenvalue weighted by atomic mass is 9.83. The van der Waals surface area contributed by atoms with Crippen molar-refractivity contribution in [2.45, 2.75) is 32.3 Å². The van der Waals surface area contributed by atoms with Gasteiger partial charge >= 0.3 is 0 Å². The second kappa shape index (κ2) is 8.11. The van der Waals surface area contributed by atoms with Crippen LogP contribution in [0.25, 0.3) is 5.57 Å². The quantitative estimate of drug-likeness (QED) is 0.840. The number of carbonyl (C=O) groups excluding carboxylic acids is 1. The third-order valence-corrected chi connectivity index (χ3v) is 6.17. The highest BCUT2D eigenvalue weighted by Gasteiger charge is 2.39. The van der Waals surface area contributed by atoms with Crippen molar-refractivity contribution in [1.82, 2.24) is 14.8 Å². The molecule has 0 radical (unpaired) electrons. The number of benzene rings is 1. The monoisotopic (exact) mass is 407 g/mol. The Labute approximate surface area is 177 Å². The summed E-state index contributed by atoms with van der Waals surface area (Å²) in [6, 6.07) is 9.08. The standard InChI is InChI=1S/C24H29N3O3/c1-4-27(5-2)23(29)19-10-9-17(16-25-19)18-15-24(11-13-26(3)14-12-24)30-21-8-6-7-20(28)22(18)21/h6-10,15-16,28H,4-5,11-14H2,1-3H3. The Balaban J connectivity index is 1.74. The Hall–Kier alpha value is -2.86. The zero-order chi connectivity index (χ0) is 21.3. The molecule has 3 heterocycles. The molecule has 0 bridgehead atoms.